The second-order valence-corrected chi connectivity index (χ2v) is 4.56. The summed E-state index contributed by atoms with van der Waals surface area (Å²) in [4.78, 5) is 0. The summed E-state index contributed by atoms with van der Waals surface area (Å²) in [6.45, 7) is -2.23. The molecule has 1 aromatic rings. The molecule has 18 heavy (non-hydrogen) atoms. The fourth-order valence-corrected chi connectivity index (χ4v) is 1.72. The molecular weight excluding hydrogens is 365 g/mol. The van der Waals surface area contributed by atoms with Gasteiger partial charge in [0.2, 0.25) is 0 Å². The van der Waals surface area contributed by atoms with Gasteiger partial charge in [0.15, 0.2) is 12.4 Å². The highest BCUT2D eigenvalue weighted by Crippen LogP contribution is 2.47. The van der Waals surface area contributed by atoms with Crippen LogP contribution in [0.3, 0.4) is 0 Å². The highest BCUT2D eigenvalue weighted by molar-refractivity contribution is 6.55. The number of halogens is 9. The molecule has 0 unspecified atom stereocenters. The molecule has 0 saturated heterocycles. The number of aromatic hydroxyl groups is 1. The fraction of sp³-hybridized carbons (Fsp3) is 0.250. The maximum Gasteiger partial charge on any atom is 0.416 e. The molecule has 0 saturated carbocycles. The van der Waals surface area contributed by atoms with E-state index in [-0.39, 0.29) is 30.9 Å². The van der Waals surface area contributed by atoms with Gasteiger partial charge in [-0.25, -0.2) is 4.39 Å². The van der Waals surface area contributed by atoms with E-state index in [1.807, 2.05) is 0 Å². The average Bonchev–Trinajstić information content (AvgIpc) is 2.31. The molecule has 1 nitrogen and oxygen atoms in total. The van der Waals surface area contributed by atoms with E-state index in [0.29, 0.717) is 0 Å². The lowest BCUT2D eigenvalue weighted by molar-refractivity contribution is -0.142. The van der Waals surface area contributed by atoms with Gasteiger partial charge in [-0.2, -0.15) is 13.2 Å². The highest BCUT2D eigenvalue weighted by Gasteiger charge is 2.26. The van der Waals surface area contributed by atoms with Crippen molar-refractivity contribution in [3.05, 3.63) is 25.1 Å². The molecule has 0 aliphatic heterocycles. The Kier molecular flexibility index (Phi) is 7.18. The molecule has 0 aliphatic rings. The van der Waals surface area contributed by atoms with Crippen LogP contribution in [-0.4, -0.2) is 18.0 Å². The van der Waals surface area contributed by atoms with E-state index in [2.05, 4.69) is 0 Å². The van der Waals surface area contributed by atoms with Crippen molar-refractivity contribution in [1.29, 1.82) is 0 Å². The van der Waals surface area contributed by atoms with Gasteiger partial charge in [0.05, 0.1) is 15.1 Å². The molecule has 1 rings (SSSR count). The fourth-order valence-electron chi connectivity index (χ4n) is 0.593. The van der Waals surface area contributed by atoms with E-state index < -0.39 is 12.9 Å². The zero-order valence-corrected chi connectivity index (χ0v) is 11.8. The monoisotopic (exact) mass is 366 g/mol. The number of alkyl halides is 4. The Balaban J connectivity index is 0.000000411. The summed E-state index contributed by atoms with van der Waals surface area (Å²) in [6, 6.07) is 0. The average molecular weight is 368 g/mol. The summed E-state index contributed by atoms with van der Waals surface area (Å²) in [7, 11) is 0. The minimum Gasteiger partial charge on any atom is -0.505 e. The van der Waals surface area contributed by atoms with Crippen molar-refractivity contribution >= 4 is 58.0 Å². The smallest absolute Gasteiger partial charge is 0.416 e. The lowest BCUT2D eigenvalue weighted by Gasteiger charge is -2.06. The van der Waals surface area contributed by atoms with Crippen molar-refractivity contribution in [2.75, 3.05) is 6.67 Å². The molecule has 104 valence electrons. The van der Waals surface area contributed by atoms with Crippen molar-refractivity contribution in [3.63, 3.8) is 0 Å². The number of benzene rings is 1. The molecule has 0 radical (unpaired) electrons. The number of hydrogen-bond acceptors (Lipinski definition) is 1. The van der Waals surface area contributed by atoms with Crippen LogP contribution in [0.4, 0.5) is 17.6 Å². The molecule has 0 amide bonds. The Morgan fingerprint density at radius 2 is 1.00 bits per heavy atom. The first-order chi connectivity index (χ1) is 8.02. The van der Waals surface area contributed by atoms with E-state index in [4.69, 9.17) is 58.0 Å². The van der Waals surface area contributed by atoms with Crippen molar-refractivity contribution in [2.24, 2.45) is 0 Å². The summed E-state index contributed by atoms with van der Waals surface area (Å²) in [5.74, 6) is -0.363. The van der Waals surface area contributed by atoms with Gasteiger partial charge in [-0.1, -0.05) is 58.0 Å². The van der Waals surface area contributed by atoms with Crippen LogP contribution in [0.5, 0.6) is 5.75 Å². The van der Waals surface area contributed by atoms with E-state index in [0.717, 1.165) is 0 Å². The van der Waals surface area contributed by atoms with Crippen molar-refractivity contribution in [2.45, 2.75) is 6.18 Å². The molecule has 0 heterocycles. The zero-order chi connectivity index (χ0) is 14.7. The van der Waals surface area contributed by atoms with Gasteiger partial charge < -0.3 is 5.11 Å². The summed E-state index contributed by atoms with van der Waals surface area (Å²) >= 11 is 27.9. The second kappa shape index (κ2) is 7.10. The molecule has 0 spiro atoms. The normalized spacial score (nSPS) is 10.9. The maximum absolute atomic E-state index is 10.4. The predicted molar refractivity (Wildman–Crippen MR) is 65.2 cm³/mol. The summed E-state index contributed by atoms with van der Waals surface area (Å²) in [5, 5.41) is 9.01. The molecule has 10 heteroatoms. The van der Waals surface area contributed by atoms with Crippen LogP contribution in [0, 0.1) is 0 Å². The highest BCUT2D eigenvalue weighted by atomic mass is 35.5. The number of rotatable bonds is 0. The Morgan fingerprint density at radius 1 is 0.778 bits per heavy atom. The third kappa shape index (κ3) is 5.05. The SMILES string of the molecule is FCC(F)(F)F.Oc1c(Cl)c(Cl)c(Cl)c(Cl)c1Cl. The van der Waals surface area contributed by atoms with Crippen LogP contribution in [0.1, 0.15) is 0 Å². The first-order valence-electron chi connectivity index (χ1n) is 3.86. The Morgan fingerprint density at radius 3 is 1.22 bits per heavy atom. The Hall–Kier alpha value is 0.190. The largest absolute Gasteiger partial charge is 0.505 e. The molecule has 1 N–H and O–H groups in total. The lowest BCUT2D eigenvalue weighted by atomic mass is 10.3. The van der Waals surface area contributed by atoms with Crippen molar-refractivity contribution in [1.82, 2.24) is 0 Å². The minimum absolute atomic E-state index is 0.00904. The Bertz CT molecular complexity index is 329. The van der Waals surface area contributed by atoms with E-state index >= 15 is 0 Å². The van der Waals surface area contributed by atoms with Gasteiger partial charge in [0.1, 0.15) is 10.0 Å². The molecule has 0 atom stereocenters. The standard InChI is InChI=1S/C6HCl5O.C2H2F4/c7-1-2(8)4(10)6(12)5(11)3(1)9;3-1-2(4,5)6/h12H;1H2. The van der Waals surface area contributed by atoms with Crippen molar-refractivity contribution < 1.29 is 22.7 Å². The summed E-state index contributed by atoms with van der Waals surface area (Å²) in [5.41, 5.74) is 0. The van der Waals surface area contributed by atoms with Gasteiger partial charge >= 0.3 is 6.18 Å². The van der Waals surface area contributed by atoms with Gasteiger partial charge in [-0.15, -0.1) is 0 Å². The van der Waals surface area contributed by atoms with Crippen LogP contribution in [0.15, 0.2) is 0 Å². The van der Waals surface area contributed by atoms with Gasteiger partial charge in [0.25, 0.3) is 0 Å². The lowest BCUT2D eigenvalue weighted by Crippen LogP contribution is -2.08. The minimum atomic E-state index is -4.62. The number of phenols is 1. The molecule has 0 bridgehead atoms. The number of hydrogen-bond donors (Lipinski definition) is 1. The molecule has 0 aliphatic carbocycles. The quantitative estimate of drug-likeness (QED) is 0.329. The third-order valence-electron chi connectivity index (χ3n) is 1.34. The number of phenolic OH excluding ortho intramolecular Hbond substituents is 1. The maximum atomic E-state index is 10.4. The van der Waals surface area contributed by atoms with E-state index in [1.165, 1.54) is 0 Å². The summed E-state index contributed by atoms with van der Waals surface area (Å²) in [6.07, 6.45) is -4.62. The molecule has 0 fully saturated rings. The zero-order valence-electron chi connectivity index (χ0n) is 8.06. The van der Waals surface area contributed by atoms with Crippen LogP contribution in [0.25, 0.3) is 0 Å². The van der Waals surface area contributed by atoms with Crippen molar-refractivity contribution in [3.8, 4) is 5.75 Å². The molecular formula is C8H3Cl5F4O. The van der Waals surface area contributed by atoms with Gasteiger partial charge in [0, 0.05) is 0 Å². The molecule has 1 aromatic carbocycles. The van der Waals surface area contributed by atoms with Crippen LogP contribution in [0.2, 0.25) is 25.1 Å². The van der Waals surface area contributed by atoms with Crippen LogP contribution >= 0.6 is 58.0 Å². The topological polar surface area (TPSA) is 20.2 Å². The molecule has 0 aromatic heterocycles. The first kappa shape index (κ1) is 18.2. The van der Waals surface area contributed by atoms with Gasteiger partial charge in [-0.05, 0) is 0 Å². The van der Waals surface area contributed by atoms with E-state index in [9.17, 15) is 22.7 Å². The predicted octanol–water partition coefficient (Wildman–Crippen LogP) is 6.18. The second-order valence-electron chi connectivity index (χ2n) is 2.67. The third-order valence-corrected chi connectivity index (χ3v) is 3.59. The van der Waals surface area contributed by atoms with E-state index in [1.54, 1.807) is 0 Å². The van der Waals surface area contributed by atoms with Crippen LogP contribution < -0.4 is 0 Å². The van der Waals surface area contributed by atoms with Gasteiger partial charge in [-0.3, -0.25) is 0 Å². The first-order valence-corrected chi connectivity index (χ1v) is 5.75. The summed E-state index contributed by atoms with van der Waals surface area (Å²) < 4.78 is 41.6. The van der Waals surface area contributed by atoms with Crippen LogP contribution in [-0.2, 0) is 0 Å². The Labute approximate surface area is 124 Å².